The molecule has 5 heteroatoms. The third kappa shape index (κ3) is 2.86. The molecule has 0 radical (unpaired) electrons. The lowest BCUT2D eigenvalue weighted by atomic mass is 10.1. The van der Waals surface area contributed by atoms with Crippen LogP contribution in [0.5, 0.6) is 5.75 Å². The number of halogens is 1. The highest BCUT2D eigenvalue weighted by Crippen LogP contribution is 2.27. The minimum Gasteiger partial charge on any atom is -0.493 e. The van der Waals surface area contributed by atoms with Gasteiger partial charge in [0.2, 0.25) is 0 Å². The monoisotopic (exact) mass is 288 g/mol. The summed E-state index contributed by atoms with van der Waals surface area (Å²) in [5, 5.41) is 6.11. The summed E-state index contributed by atoms with van der Waals surface area (Å²) in [7, 11) is 0. The molecule has 0 fully saturated rings. The van der Waals surface area contributed by atoms with E-state index in [9.17, 15) is 4.79 Å². The minimum absolute atomic E-state index is 0.300. The number of carbonyl (C=O) groups excluding carboxylic acids is 1. The fourth-order valence-electron chi connectivity index (χ4n) is 2.12. The molecule has 2 amide bonds. The van der Waals surface area contributed by atoms with Crippen LogP contribution in [0.15, 0.2) is 42.5 Å². The van der Waals surface area contributed by atoms with Gasteiger partial charge in [-0.15, -0.1) is 0 Å². The number of amides is 2. The fourth-order valence-corrected chi connectivity index (χ4v) is 2.31. The number of carbonyl (C=O) groups is 1. The number of urea groups is 1. The Hall–Kier alpha value is -2.20. The molecule has 2 aromatic carbocycles. The van der Waals surface area contributed by atoms with Crippen molar-refractivity contribution in [3.8, 4) is 5.75 Å². The molecule has 1 aliphatic heterocycles. The van der Waals surface area contributed by atoms with Gasteiger partial charge in [-0.2, -0.15) is 0 Å². The van der Waals surface area contributed by atoms with Crippen LogP contribution >= 0.6 is 11.6 Å². The van der Waals surface area contributed by atoms with Gasteiger partial charge in [0, 0.05) is 22.8 Å². The topological polar surface area (TPSA) is 50.4 Å². The molecule has 1 aliphatic rings. The summed E-state index contributed by atoms with van der Waals surface area (Å²) in [6, 6.07) is 12.3. The first-order valence-corrected chi connectivity index (χ1v) is 6.68. The zero-order valence-electron chi connectivity index (χ0n) is 10.7. The molecule has 0 aliphatic carbocycles. The molecule has 102 valence electrons. The largest absolute Gasteiger partial charge is 0.493 e. The highest BCUT2D eigenvalue weighted by Gasteiger charge is 2.12. The maximum Gasteiger partial charge on any atom is 0.323 e. The number of fused-ring (bicyclic) bond motifs is 1. The summed E-state index contributed by atoms with van der Waals surface area (Å²) >= 11 is 5.87. The van der Waals surface area contributed by atoms with Gasteiger partial charge in [0.1, 0.15) is 5.75 Å². The van der Waals surface area contributed by atoms with Crippen molar-refractivity contribution < 1.29 is 9.53 Å². The Kier molecular flexibility index (Phi) is 3.48. The number of rotatable bonds is 2. The highest BCUT2D eigenvalue weighted by molar-refractivity contribution is 6.30. The first-order valence-electron chi connectivity index (χ1n) is 6.30. The molecular weight excluding hydrogens is 276 g/mol. The van der Waals surface area contributed by atoms with Gasteiger partial charge in [-0.05, 0) is 42.0 Å². The number of ether oxygens (including phenoxy) is 1. The van der Waals surface area contributed by atoms with E-state index in [2.05, 4.69) is 10.6 Å². The molecule has 0 atom stereocenters. The van der Waals surface area contributed by atoms with E-state index in [1.54, 1.807) is 24.3 Å². The molecule has 0 saturated heterocycles. The second-order valence-electron chi connectivity index (χ2n) is 4.51. The van der Waals surface area contributed by atoms with Crippen LogP contribution in [-0.2, 0) is 6.42 Å². The van der Waals surface area contributed by atoms with E-state index < -0.39 is 0 Å². The first kappa shape index (κ1) is 12.8. The molecule has 2 aromatic rings. The lowest BCUT2D eigenvalue weighted by Crippen LogP contribution is -2.19. The summed E-state index contributed by atoms with van der Waals surface area (Å²) in [5.41, 5.74) is 2.51. The SMILES string of the molecule is O=C(Nc1cccc(Cl)c1)Nc1ccc2c(c1)CCO2. The standard InChI is InChI=1S/C15H13ClN2O2/c16-11-2-1-3-12(9-11)17-15(19)18-13-4-5-14-10(8-13)6-7-20-14/h1-5,8-9H,6-7H2,(H2,17,18,19). The van der Waals surface area contributed by atoms with Gasteiger partial charge in [-0.25, -0.2) is 4.79 Å². The second kappa shape index (κ2) is 5.43. The Morgan fingerprint density at radius 1 is 1.10 bits per heavy atom. The zero-order chi connectivity index (χ0) is 13.9. The lowest BCUT2D eigenvalue weighted by Gasteiger charge is -2.09. The predicted octanol–water partition coefficient (Wildman–Crippen LogP) is 3.92. The average Bonchev–Trinajstić information content (AvgIpc) is 2.86. The van der Waals surface area contributed by atoms with Gasteiger partial charge >= 0.3 is 6.03 Å². The number of hydrogen-bond acceptors (Lipinski definition) is 2. The molecule has 0 aromatic heterocycles. The van der Waals surface area contributed by atoms with Crippen molar-refractivity contribution in [3.63, 3.8) is 0 Å². The molecule has 0 spiro atoms. The smallest absolute Gasteiger partial charge is 0.323 e. The van der Waals surface area contributed by atoms with E-state index in [4.69, 9.17) is 16.3 Å². The maximum absolute atomic E-state index is 11.9. The van der Waals surface area contributed by atoms with Crippen molar-refractivity contribution >= 4 is 29.0 Å². The third-order valence-corrected chi connectivity index (χ3v) is 3.26. The summed E-state index contributed by atoms with van der Waals surface area (Å²) in [4.78, 5) is 11.9. The molecule has 20 heavy (non-hydrogen) atoms. The van der Waals surface area contributed by atoms with Gasteiger partial charge in [0.05, 0.1) is 6.61 Å². The van der Waals surface area contributed by atoms with E-state index in [1.807, 2.05) is 18.2 Å². The number of hydrogen-bond donors (Lipinski definition) is 2. The lowest BCUT2D eigenvalue weighted by molar-refractivity contribution is 0.262. The molecule has 0 bridgehead atoms. The molecule has 1 heterocycles. The Morgan fingerprint density at radius 3 is 2.70 bits per heavy atom. The van der Waals surface area contributed by atoms with E-state index in [1.165, 1.54) is 0 Å². The summed E-state index contributed by atoms with van der Waals surface area (Å²) < 4.78 is 5.42. The number of benzene rings is 2. The summed E-state index contributed by atoms with van der Waals surface area (Å²) in [5.74, 6) is 0.894. The van der Waals surface area contributed by atoms with Crippen LogP contribution in [0.25, 0.3) is 0 Å². The van der Waals surface area contributed by atoms with Crippen molar-refractivity contribution in [2.45, 2.75) is 6.42 Å². The first-order chi connectivity index (χ1) is 9.70. The van der Waals surface area contributed by atoms with Gasteiger partial charge < -0.3 is 15.4 Å². The molecule has 0 unspecified atom stereocenters. The number of anilines is 2. The minimum atomic E-state index is -0.300. The van der Waals surface area contributed by atoms with Gasteiger partial charge in [-0.3, -0.25) is 0 Å². The van der Waals surface area contributed by atoms with Crippen LogP contribution in [0.2, 0.25) is 5.02 Å². The van der Waals surface area contributed by atoms with Crippen molar-refractivity contribution in [2.24, 2.45) is 0 Å². The molecule has 3 rings (SSSR count). The Morgan fingerprint density at radius 2 is 1.90 bits per heavy atom. The number of nitrogens with one attached hydrogen (secondary N) is 2. The molecule has 0 saturated carbocycles. The predicted molar refractivity (Wildman–Crippen MR) is 79.7 cm³/mol. The van der Waals surface area contributed by atoms with Crippen LogP contribution in [0.4, 0.5) is 16.2 Å². The third-order valence-electron chi connectivity index (χ3n) is 3.03. The van der Waals surface area contributed by atoms with Crippen molar-refractivity contribution in [1.82, 2.24) is 0 Å². The van der Waals surface area contributed by atoms with E-state index in [0.717, 1.165) is 23.4 Å². The Labute approximate surface area is 121 Å². The molecule has 4 nitrogen and oxygen atoms in total. The van der Waals surface area contributed by atoms with Crippen molar-refractivity contribution in [3.05, 3.63) is 53.1 Å². The van der Waals surface area contributed by atoms with E-state index >= 15 is 0 Å². The summed E-state index contributed by atoms with van der Waals surface area (Å²) in [6.07, 6.45) is 0.876. The zero-order valence-corrected chi connectivity index (χ0v) is 11.4. The van der Waals surface area contributed by atoms with Crippen LogP contribution in [0.1, 0.15) is 5.56 Å². The van der Waals surface area contributed by atoms with Crippen LogP contribution < -0.4 is 15.4 Å². The fraction of sp³-hybridized carbons (Fsp3) is 0.133. The van der Waals surface area contributed by atoms with Gasteiger partial charge in [0.25, 0.3) is 0 Å². The van der Waals surface area contributed by atoms with Gasteiger partial charge in [0.15, 0.2) is 0 Å². The molecule has 2 N–H and O–H groups in total. The van der Waals surface area contributed by atoms with E-state index in [0.29, 0.717) is 17.3 Å². The van der Waals surface area contributed by atoms with Crippen LogP contribution in [-0.4, -0.2) is 12.6 Å². The Balaban J connectivity index is 1.67. The maximum atomic E-state index is 11.9. The van der Waals surface area contributed by atoms with Gasteiger partial charge in [-0.1, -0.05) is 17.7 Å². The van der Waals surface area contributed by atoms with Crippen molar-refractivity contribution in [2.75, 3.05) is 17.2 Å². The van der Waals surface area contributed by atoms with E-state index in [-0.39, 0.29) is 6.03 Å². The Bertz CT molecular complexity index is 658. The quantitative estimate of drug-likeness (QED) is 0.880. The van der Waals surface area contributed by atoms with Crippen LogP contribution in [0, 0.1) is 0 Å². The summed E-state index contributed by atoms with van der Waals surface area (Å²) in [6.45, 7) is 0.702. The molecular formula is C15H13ClN2O2. The normalized spacial score (nSPS) is 12.4. The van der Waals surface area contributed by atoms with Crippen molar-refractivity contribution in [1.29, 1.82) is 0 Å². The second-order valence-corrected chi connectivity index (χ2v) is 4.95. The van der Waals surface area contributed by atoms with Crippen LogP contribution in [0.3, 0.4) is 0 Å². The highest BCUT2D eigenvalue weighted by atomic mass is 35.5. The average molecular weight is 289 g/mol.